The fraction of sp³-hybridized carbons (Fsp3) is 0.500. The minimum Gasteiger partial charge on any atom is -0.395 e. The van der Waals surface area contributed by atoms with Crippen LogP contribution in [-0.2, 0) is 10.2 Å². The quantitative estimate of drug-likeness (QED) is 0.770. The Morgan fingerprint density at radius 1 is 1.44 bits per heavy atom. The molecule has 1 aromatic carbocycles. The molecule has 86 valence electrons. The Bertz CT molecular complexity index is 380. The Morgan fingerprint density at radius 2 is 2.12 bits per heavy atom. The van der Waals surface area contributed by atoms with Gasteiger partial charge in [0.2, 0.25) is 0 Å². The molecule has 2 heteroatoms. The van der Waals surface area contributed by atoms with Gasteiger partial charge in [-0.05, 0) is 29.9 Å². The van der Waals surface area contributed by atoms with Gasteiger partial charge in [-0.2, -0.15) is 0 Å². The van der Waals surface area contributed by atoms with Gasteiger partial charge in [-0.1, -0.05) is 31.2 Å². The summed E-state index contributed by atoms with van der Waals surface area (Å²) < 4.78 is 0. The molecule has 1 saturated carbocycles. The van der Waals surface area contributed by atoms with Gasteiger partial charge in [0, 0.05) is 11.8 Å². The zero-order valence-corrected chi connectivity index (χ0v) is 9.65. The zero-order chi connectivity index (χ0) is 11.6. The topological polar surface area (TPSA) is 37.3 Å². The average molecular weight is 218 g/mol. The van der Waals surface area contributed by atoms with Crippen molar-refractivity contribution in [2.24, 2.45) is 0 Å². The van der Waals surface area contributed by atoms with Crippen molar-refractivity contribution in [2.75, 3.05) is 6.61 Å². The van der Waals surface area contributed by atoms with E-state index >= 15 is 0 Å². The summed E-state index contributed by atoms with van der Waals surface area (Å²) in [6, 6.07) is 8.20. The van der Waals surface area contributed by atoms with Gasteiger partial charge in [0.05, 0.1) is 6.61 Å². The molecule has 1 unspecified atom stereocenters. The highest BCUT2D eigenvalue weighted by Crippen LogP contribution is 2.50. The third-order valence-electron chi connectivity index (χ3n) is 3.67. The van der Waals surface area contributed by atoms with Crippen LogP contribution in [0.4, 0.5) is 0 Å². The smallest absolute Gasteiger partial charge is 0.120 e. The molecule has 1 aliphatic carbocycles. The van der Waals surface area contributed by atoms with Crippen LogP contribution in [0, 0.1) is 0 Å². The Kier molecular flexibility index (Phi) is 3.10. The molecule has 0 amide bonds. The minimum absolute atomic E-state index is 0.00621. The number of aliphatic hydroxyl groups is 1. The summed E-state index contributed by atoms with van der Waals surface area (Å²) >= 11 is 0. The van der Waals surface area contributed by atoms with Crippen molar-refractivity contribution in [1.29, 1.82) is 0 Å². The van der Waals surface area contributed by atoms with E-state index in [0.717, 1.165) is 19.1 Å². The lowest BCUT2D eigenvalue weighted by atomic mass is 9.85. The van der Waals surface area contributed by atoms with Crippen LogP contribution in [0.5, 0.6) is 0 Å². The molecular weight excluding hydrogens is 200 g/mol. The first kappa shape index (κ1) is 11.3. The zero-order valence-electron chi connectivity index (χ0n) is 9.65. The number of aliphatic hydroxyl groups excluding tert-OH is 1. The highest BCUT2D eigenvalue weighted by Gasteiger charge is 2.45. The lowest BCUT2D eigenvalue weighted by Gasteiger charge is -2.20. The first-order valence-electron chi connectivity index (χ1n) is 5.87. The minimum atomic E-state index is -0.00621. The molecule has 1 fully saturated rings. The summed E-state index contributed by atoms with van der Waals surface area (Å²) in [5, 5.41) is 9.48. The molecule has 16 heavy (non-hydrogen) atoms. The van der Waals surface area contributed by atoms with Crippen molar-refractivity contribution in [3.05, 3.63) is 35.4 Å². The summed E-state index contributed by atoms with van der Waals surface area (Å²) in [5.41, 5.74) is 2.46. The van der Waals surface area contributed by atoms with Crippen molar-refractivity contribution in [2.45, 2.75) is 37.5 Å². The molecular formula is C14H18O2. The van der Waals surface area contributed by atoms with Crippen molar-refractivity contribution in [3.63, 3.8) is 0 Å². The van der Waals surface area contributed by atoms with Crippen LogP contribution in [0.2, 0.25) is 0 Å². The predicted octanol–water partition coefficient (Wildman–Crippen LogP) is 2.40. The first-order chi connectivity index (χ1) is 7.73. The molecule has 0 heterocycles. The van der Waals surface area contributed by atoms with Gasteiger partial charge < -0.3 is 9.90 Å². The Balaban J connectivity index is 2.34. The fourth-order valence-electron chi connectivity index (χ4n) is 2.34. The number of carbonyl (C=O) groups excluding carboxylic acids is 1. The number of rotatable bonds is 5. The number of benzene rings is 1. The normalized spacial score (nSPS) is 19.1. The van der Waals surface area contributed by atoms with Crippen LogP contribution >= 0.6 is 0 Å². The highest BCUT2D eigenvalue weighted by molar-refractivity contribution is 5.53. The molecule has 0 aromatic heterocycles. The third-order valence-corrected chi connectivity index (χ3v) is 3.67. The number of carbonyl (C=O) groups is 1. The van der Waals surface area contributed by atoms with Crippen molar-refractivity contribution in [1.82, 2.24) is 0 Å². The van der Waals surface area contributed by atoms with E-state index in [4.69, 9.17) is 0 Å². The van der Waals surface area contributed by atoms with Crippen molar-refractivity contribution >= 4 is 6.29 Å². The predicted molar refractivity (Wildman–Crippen MR) is 63.5 cm³/mol. The maximum absolute atomic E-state index is 10.6. The number of hydrogen-bond acceptors (Lipinski definition) is 2. The SMILES string of the molecule is CC(CC=O)c1ccccc1C1(CO)CC1. The second-order valence-corrected chi connectivity index (χ2v) is 4.83. The lowest BCUT2D eigenvalue weighted by molar-refractivity contribution is -0.108. The molecule has 0 spiro atoms. The van der Waals surface area contributed by atoms with Crippen molar-refractivity contribution in [3.8, 4) is 0 Å². The van der Waals surface area contributed by atoms with E-state index in [1.165, 1.54) is 11.1 Å². The molecule has 1 atom stereocenters. The lowest BCUT2D eigenvalue weighted by Crippen LogP contribution is -2.15. The van der Waals surface area contributed by atoms with E-state index in [1.54, 1.807) is 0 Å². The molecule has 0 aliphatic heterocycles. The van der Waals surface area contributed by atoms with Gasteiger partial charge in [-0.25, -0.2) is 0 Å². The van der Waals surface area contributed by atoms with Gasteiger partial charge in [0.1, 0.15) is 6.29 Å². The van der Waals surface area contributed by atoms with E-state index in [0.29, 0.717) is 6.42 Å². The highest BCUT2D eigenvalue weighted by atomic mass is 16.3. The van der Waals surface area contributed by atoms with Crippen LogP contribution < -0.4 is 0 Å². The van der Waals surface area contributed by atoms with Gasteiger partial charge >= 0.3 is 0 Å². The molecule has 1 N–H and O–H groups in total. The van der Waals surface area contributed by atoms with Crippen LogP contribution in [0.1, 0.15) is 43.2 Å². The summed E-state index contributed by atoms with van der Waals surface area (Å²) in [6.45, 7) is 2.29. The largest absolute Gasteiger partial charge is 0.395 e. The molecule has 0 saturated heterocycles. The van der Waals surface area contributed by atoms with Crippen LogP contribution in [0.15, 0.2) is 24.3 Å². The monoisotopic (exact) mass is 218 g/mol. The van der Waals surface area contributed by atoms with E-state index in [1.807, 2.05) is 12.1 Å². The third kappa shape index (κ3) is 1.90. The molecule has 2 rings (SSSR count). The second kappa shape index (κ2) is 4.38. The summed E-state index contributed by atoms with van der Waals surface area (Å²) in [7, 11) is 0. The fourth-order valence-corrected chi connectivity index (χ4v) is 2.34. The number of aldehydes is 1. The molecule has 1 aromatic rings. The summed E-state index contributed by atoms with van der Waals surface area (Å²) in [5.74, 6) is 0.248. The van der Waals surface area contributed by atoms with E-state index in [-0.39, 0.29) is 17.9 Å². The Hall–Kier alpha value is -1.15. The van der Waals surface area contributed by atoms with Crippen molar-refractivity contribution < 1.29 is 9.90 Å². The molecule has 0 radical (unpaired) electrons. The van der Waals surface area contributed by atoms with E-state index in [2.05, 4.69) is 19.1 Å². The first-order valence-corrected chi connectivity index (χ1v) is 5.87. The maximum atomic E-state index is 10.6. The van der Waals surface area contributed by atoms with Gasteiger partial charge in [-0.15, -0.1) is 0 Å². The van der Waals surface area contributed by atoms with Gasteiger partial charge in [0.25, 0.3) is 0 Å². The molecule has 1 aliphatic rings. The van der Waals surface area contributed by atoms with E-state index < -0.39 is 0 Å². The average Bonchev–Trinajstić information content (AvgIpc) is 3.10. The number of hydrogen-bond donors (Lipinski definition) is 1. The van der Waals surface area contributed by atoms with Crippen LogP contribution in [0.3, 0.4) is 0 Å². The van der Waals surface area contributed by atoms with Gasteiger partial charge in [0.15, 0.2) is 0 Å². The second-order valence-electron chi connectivity index (χ2n) is 4.83. The molecule has 2 nitrogen and oxygen atoms in total. The maximum Gasteiger partial charge on any atom is 0.120 e. The summed E-state index contributed by atoms with van der Waals surface area (Å²) in [4.78, 5) is 10.6. The van der Waals surface area contributed by atoms with E-state index in [9.17, 15) is 9.90 Å². The Labute approximate surface area is 96.3 Å². The Morgan fingerprint density at radius 3 is 2.69 bits per heavy atom. The van der Waals surface area contributed by atoms with Gasteiger partial charge in [-0.3, -0.25) is 0 Å². The summed E-state index contributed by atoms with van der Waals surface area (Å²) in [6.07, 6.45) is 3.65. The van der Waals surface area contributed by atoms with Crippen LogP contribution in [0.25, 0.3) is 0 Å². The molecule has 0 bridgehead atoms. The standard InChI is InChI=1S/C14H18O2/c1-11(6-9-15)12-4-2-3-5-13(12)14(10-16)7-8-14/h2-5,9,11,16H,6-8,10H2,1H3. The van der Waals surface area contributed by atoms with Crippen LogP contribution in [-0.4, -0.2) is 18.0 Å².